The summed E-state index contributed by atoms with van der Waals surface area (Å²) in [4.78, 5) is 0. The van der Waals surface area contributed by atoms with Crippen LogP contribution in [0.1, 0.15) is 25.0 Å². The van der Waals surface area contributed by atoms with E-state index in [2.05, 4.69) is 0 Å². The first-order chi connectivity index (χ1) is 14.1. The van der Waals surface area contributed by atoms with E-state index in [1.165, 1.54) is 0 Å². The van der Waals surface area contributed by atoms with Crippen LogP contribution in [0.3, 0.4) is 0 Å². The zero-order chi connectivity index (χ0) is 20.5. The summed E-state index contributed by atoms with van der Waals surface area (Å²) in [7, 11) is 0. The minimum absolute atomic E-state index is 0.0538. The summed E-state index contributed by atoms with van der Waals surface area (Å²) >= 11 is 0. The molecule has 0 amide bonds. The monoisotopic (exact) mass is 398 g/mol. The zero-order valence-corrected chi connectivity index (χ0v) is 17.1. The lowest BCUT2D eigenvalue weighted by Crippen LogP contribution is -2.56. The molecule has 3 rings (SSSR count). The van der Waals surface area contributed by atoms with Crippen molar-refractivity contribution in [3.05, 3.63) is 83.9 Å². The standard InChI is InChI=1S/C24H30O5/c1-24(2)28-21(14-9-15-25)23(27-17-20-12-7-4-8-13-20)22(29-24)18-26-16-19-10-5-3-6-11-19/h3-14,21-23,25H,15-18H2,1-2H3/b14-9-/t21-,22+,23?/m0/s1. The number of ether oxygens (including phenoxy) is 4. The third-order valence-electron chi connectivity index (χ3n) is 4.66. The average molecular weight is 398 g/mol. The van der Waals surface area contributed by atoms with Crippen LogP contribution in [-0.4, -0.2) is 42.4 Å². The van der Waals surface area contributed by atoms with Gasteiger partial charge in [-0.2, -0.15) is 0 Å². The Morgan fingerprint density at radius 3 is 2.17 bits per heavy atom. The maximum Gasteiger partial charge on any atom is 0.164 e. The number of aliphatic hydroxyl groups excluding tert-OH is 1. The second-order valence-corrected chi connectivity index (χ2v) is 7.51. The molecule has 29 heavy (non-hydrogen) atoms. The molecule has 1 aliphatic heterocycles. The van der Waals surface area contributed by atoms with Crippen molar-refractivity contribution < 1.29 is 24.1 Å². The molecule has 1 aliphatic rings. The van der Waals surface area contributed by atoms with Crippen LogP contribution in [0.5, 0.6) is 0 Å². The van der Waals surface area contributed by atoms with E-state index in [0.29, 0.717) is 19.8 Å². The fourth-order valence-corrected chi connectivity index (χ4v) is 3.37. The predicted molar refractivity (Wildman–Crippen MR) is 111 cm³/mol. The Kier molecular flexibility index (Phi) is 7.98. The molecular weight excluding hydrogens is 368 g/mol. The maximum absolute atomic E-state index is 9.22. The van der Waals surface area contributed by atoms with Crippen LogP contribution in [0.4, 0.5) is 0 Å². The lowest BCUT2D eigenvalue weighted by Gasteiger charge is -2.44. The van der Waals surface area contributed by atoms with Gasteiger partial charge < -0.3 is 24.1 Å². The van der Waals surface area contributed by atoms with Crippen molar-refractivity contribution in [2.75, 3.05) is 13.2 Å². The Hall–Kier alpha value is -2.02. The Morgan fingerprint density at radius 1 is 0.931 bits per heavy atom. The highest BCUT2D eigenvalue weighted by Crippen LogP contribution is 2.30. The van der Waals surface area contributed by atoms with E-state index in [1.807, 2.05) is 80.6 Å². The van der Waals surface area contributed by atoms with Crippen LogP contribution < -0.4 is 0 Å². The van der Waals surface area contributed by atoms with E-state index >= 15 is 0 Å². The van der Waals surface area contributed by atoms with Gasteiger partial charge in [-0.15, -0.1) is 0 Å². The van der Waals surface area contributed by atoms with Gasteiger partial charge in [0.1, 0.15) is 18.3 Å². The molecule has 1 saturated heterocycles. The van der Waals surface area contributed by atoms with Gasteiger partial charge in [0.05, 0.1) is 26.4 Å². The van der Waals surface area contributed by atoms with E-state index in [0.717, 1.165) is 11.1 Å². The largest absolute Gasteiger partial charge is 0.392 e. The summed E-state index contributed by atoms with van der Waals surface area (Å²) in [5, 5.41) is 9.22. The number of hydrogen-bond donors (Lipinski definition) is 1. The Balaban J connectivity index is 1.69. The molecule has 2 aromatic carbocycles. The zero-order valence-electron chi connectivity index (χ0n) is 17.1. The molecule has 5 heteroatoms. The van der Waals surface area contributed by atoms with Gasteiger partial charge in [0, 0.05) is 0 Å². The highest BCUT2D eigenvalue weighted by Gasteiger charge is 2.43. The van der Waals surface area contributed by atoms with E-state index in [9.17, 15) is 5.11 Å². The van der Waals surface area contributed by atoms with E-state index < -0.39 is 5.79 Å². The van der Waals surface area contributed by atoms with Crippen molar-refractivity contribution in [1.29, 1.82) is 0 Å². The van der Waals surface area contributed by atoms with Crippen molar-refractivity contribution in [2.45, 2.75) is 51.2 Å². The van der Waals surface area contributed by atoms with Gasteiger partial charge in [0.15, 0.2) is 5.79 Å². The smallest absolute Gasteiger partial charge is 0.164 e. The van der Waals surface area contributed by atoms with E-state index in [4.69, 9.17) is 18.9 Å². The maximum atomic E-state index is 9.22. The quantitative estimate of drug-likeness (QED) is 0.650. The summed E-state index contributed by atoms with van der Waals surface area (Å²) in [6.07, 6.45) is 2.50. The molecule has 156 valence electrons. The molecule has 1 unspecified atom stereocenters. The topological polar surface area (TPSA) is 57.2 Å². The van der Waals surface area contributed by atoms with Crippen molar-refractivity contribution in [2.24, 2.45) is 0 Å². The van der Waals surface area contributed by atoms with Crippen LogP contribution in [-0.2, 0) is 32.2 Å². The molecule has 0 radical (unpaired) electrons. The first-order valence-corrected chi connectivity index (χ1v) is 9.98. The molecule has 5 nitrogen and oxygen atoms in total. The third kappa shape index (κ3) is 6.77. The Morgan fingerprint density at radius 2 is 1.55 bits per heavy atom. The molecule has 1 heterocycles. The summed E-state index contributed by atoms with van der Waals surface area (Å²) in [6.45, 7) is 5.03. The van der Waals surface area contributed by atoms with Crippen LogP contribution in [0.25, 0.3) is 0 Å². The van der Waals surface area contributed by atoms with Crippen molar-refractivity contribution >= 4 is 0 Å². The van der Waals surface area contributed by atoms with Gasteiger partial charge in [-0.25, -0.2) is 0 Å². The minimum Gasteiger partial charge on any atom is -0.392 e. The third-order valence-corrected chi connectivity index (χ3v) is 4.66. The van der Waals surface area contributed by atoms with Crippen molar-refractivity contribution in [3.8, 4) is 0 Å². The summed E-state index contributed by atoms with van der Waals surface area (Å²) in [6, 6.07) is 20.0. The lowest BCUT2D eigenvalue weighted by atomic mass is 10.0. The van der Waals surface area contributed by atoms with Crippen LogP contribution in [0.2, 0.25) is 0 Å². The average Bonchev–Trinajstić information content (AvgIpc) is 2.72. The molecule has 0 aromatic heterocycles. The highest BCUT2D eigenvalue weighted by atomic mass is 16.7. The molecule has 0 aliphatic carbocycles. The van der Waals surface area contributed by atoms with Crippen LogP contribution >= 0.6 is 0 Å². The number of aliphatic hydroxyl groups is 1. The van der Waals surface area contributed by atoms with E-state index in [1.54, 1.807) is 6.08 Å². The fraction of sp³-hybridized carbons (Fsp3) is 0.417. The normalized spacial score (nSPS) is 24.0. The van der Waals surface area contributed by atoms with Crippen LogP contribution in [0, 0.1) is 0 Å². The lowest BCUT2D eigenvalue weighted by molar-refractivity contribution is -0.336. The van der Waals surface area contributed by atoms with Gasteiger partial charge in [-0.05, 0) is 25.0 Å². The molecule has 2 aromatic rings. The van der Waals surface area contributed by atoms with Gasteiger partial charge in [-0.1, -0.05) is 72.8 Å². The van der Waals surface area contributed by atoms with Gasteiger partial charge in [0.25, 0.3) is 0 Å². The highest BCUT2D eigenvalue weighted by molar-refractivity contribution is 5.14. The predicted octanol–water partition coefficient (Wildman–Crippen LogP) is 3.86. The molecule has 0 bridgehead atoms. The molecule has 3 atom stereocenters. The minimum atomic E-state index is -0.780. The van der Waals surface area contributed by atoms with Crippen molar-refractivity contribution in [3.63, 3.8) is 0 Å². The molecule has 1 N–H and O–H groups in total. The Labute approximate surface area is 172 Å². The first kappa shape index (κ1) is 21.7. The second kappa shape index (κ2) is 10.7. The summed E-state index contributed by atoms with van der Waals surface area (Å²) < 4.78 is 24.4. The van der Waals surface area contributed by atoms with Crippen LogP contribution in [0.15, 0.2) is 72.8 Å². The fourth-order valence-electron chi connectivity index (χ4n) is 3.37. The van der Waals surface area contributed by atoms with Gasteiger partial charge in [-0.3, -0.25) is 0 Å². The summed E-state index contributed by atoms with van der Waals surface area (Å²) in [5.41, 5.74) is 2.18. The molecule has 1 fully saturated rings. The first-order valence-electron chi connectivity index (χ1n) is 9.98. The SMILES string of the molecule is CC1(C)O[C@@H](/C=C\CO)C(OCc2ccccc2)[C@@H](COCc2ccccc2)O1. The number of benzene rings is 2. The van der Waals surface area contributed by atoms with Crippen molar-refractivity contribution in [1.82, 2.24) is 0 Å². The Bertz CT molecular complexity index is 744. The number of rotatable bonds is 9. The number of hydrogen-bond acceptors (Lipinski definition) is 5. The molecular formula is C24H30O5. The van der Waals surface area contributed by atoms with Gasteiger partial charge in [0.2, 0.25) is 0 Å². The van der Waals surface area contributed by atoms with Gasteiger partial charge >= 0.3 is 0 Å². The second-order valence-electron chi connectivity index (χ2n) is 7.51. The molecule has 0 saturated carbocycles. The molecule has 0 spiro atoms. The van der Waals surface area contributed by atoms with E-state index in [-0.39, 0.29) is 24.9 Å². The summed E-state index contributed by atoms with van der Waals surface area (Å²) in [5.74, 6) is -0.780.